The average molecular weight is 279 g/mol. The van der Waals surface area contributed by atoms with Gasteiger partial charge in [0.2, 0.25) is 5.91 Å². The summed E-state index contributed by atoms with van der Waals surface area (Å²) >= 11 is 0. The van der Waals surface area contributed by atoms with Crippen molar-refractivity contribution in [2.75, 3.05) is 13.7 Å². The summed E-state index contributed by atoms with van der Waals surface area (Å²) in [5.74, 6) is -0.332. The van der Waals surface area contributed by atoms with Crippen LogP contribution in [0.1, 0.15) is 37.7 Å². The van der Waals surface area contributed by atoms with Crippen LogP contribution in [0, 0.1) is 5.82 Å². The van der Waals surface area contributed by atoms with Gasteiger partial charge < -0.3 is 9.64 Å². The minimum atomic E-state index is -0.276. The fourth-order valence-corrected chi connectivity index (χ4v) is 2.53. The van der Waals surface area contributed by atoms with E-state index >= 15 is 0 Å². The van der Waals surface area contributed by atoms with Crippen molar-refractivity contribution < 1.29 is 13.9 Å². The van der Waals surface area contributed by atoms with Crippen molar-refractivity contribution in [2.24, 2.45) is 0 Å². The summed E-state index contributed by atoms with van der Waals surface area (Å²) in [5.41, 5.74) is 0.790. The first-order chi connectivity index (χ1) is 9.65. The van der Waals surface area contributed by atoms with E-state index in [1.807, 2.05) is 6.07 Å². The molecule has 1 amide bonds. The van der Waals surface area contributed by atoms with Crippen LogP contribution in [0.25, 0.3) is 0 Å². The van der Waals surface area contributed by atoms with Gasteiger partial charge in [-0.05, 0) is 30.5 Å². The van der Waals surface area contributed by atoms with Crippen molar-refractivity contribution in [3.05, 3.63) is 35.6 Å². The quantitative estimate of drug-likeness (QED) is 0.828. The Kier molecular flexibility index (Phi) is 5.53. The maximum absolute atomic E-state index is 13.1. The van der Waals surface area contributed by atoms with E-state index in [9.17, 15) is 9.18 Å². The molecular weight excluding hydrogens is 257 g/mol. The Morgan fingerprint density at radius 1 is 1.35 bits per heavy atom. The van der Waals surface area contributed by atoms with Gasteiger partial charge in [0.25, 0.3) is 0 Å². The van der Waals surface area contributed by atoms with Gasteiger partial charge in [0.15, 0.2) is 0 Å². The lowest BCUT2D eigenvalue weighted by Crippen LogP contribution is -2.32. The van der Waals surface area contributed by atoms with Gasteiger partial charge in [-0.3, -0.25) is 4.79 Å². The van der Waals surface area contributed by atoms with E-state index in [0.29, 0.717) is 6.54 Å². The van der Waals surface area contributed by atoms with Gasteiger partial charge in [-0.2, -0.15) is 0 Å². The predicted octanol–water partition coefficient (Wildman–Crippen LogP) is 3.13. The van der Waals surface area contributed by atoms with Crippen LogP contribution in [-0.4, -0.2) is 30.6 Å². The summed E-state index contributed by atoms with van der Waals surface area (Å²) in [6.07, 6.45) is 6.00. The Bertz CT molecular complexity index is 444. The number of halogens is 1. The summed E-state index contributed by atoms with van der Waals surface area (Å²) in [6, 6.07) is 6.32. The van der Waals surface area contributed by atoms with Crippen molar-refractivity contribution >= 4 is 5.91 Å². The monoisotopic (exact) mass is 279 g/mol. The number of nitrogens with zero attached hydrogens (tertiary/aromatic N) is 1. The van der Waals surface area contributed by atoms with Crippen LogP contribution in [0.15, 0.2) is 24.3 Å². The van der Waals surface area contributed by atoms with Crippen LogP contribution in [-0.2, 0) is 16.1 Å². The molecule has 1 aromatic carbocycles. The summed E-state index contributed by atoms with van der Waals surface area (Å²) in [7, 11) is 1.72. The van der Waals surface area contributed by atoms with Crippen LogP contribution in [0.5, 0.6) is 0 Å². The predicted molar refractivity (Wildman–Crippen MR) is 75.7 cm³/mol. The Balaban J connectivity index is 1.76. The standard InChI is InChI=1S/C16H22FNO2/c1-18(11-13-6-5-7-14(17)10-13)16(19)12-20-15-8-3-2-4-9-15/h5-7,10,15H,2-4,8-9,11-12H2,1H3. The average Bonchev–Trinajstić information content (AvgIpc) is 2.46. The molecule has 2 rings (SSSR count). The fourth-order valence-electron chi connectivity index (χ4n) is 2.53. The minimum absolute atomic E-state index is 0.0557. The molecule has 0 atom stereocenters. The summed E-state index contributed by atoms with van der Waals surface area (Å²) < 4.78 is 18.7. The molecule has 0 aliphatic heterocycles. The lowest BCUT2D eigenvalue weighted by Gasteiger charge is -2.23. The minimum Gasteiger partial charge on any atom is -0.368 e. The lowest BCUT2D eigenvalue weighted by molar-refractivity contribution is -0.138. The van der Waals surface area contributed by atoms with Gasteiger partial charge in [-0.25, -0.2) is 4.39 Å². The van der Waals surface area contributed by atoms with Gasteiger partial charge in [0.1, 0.15) is 12.4 Å². The number of carbonyl (C=O) groups is 1. The zero-order chi connectivity index (χ0) is 14.4. The van der Waals surface area contributed by atoms with Crippen molar-refractivity contribution in [3.63, 3.8) is 0 Å². The van der Waals surface area contributed by atoms with Gasteiger partial charge in [0, 0.05) is 13.6 Å². The number of carbonyl (C=O) groups excluding carboxylic acids is 1. The van der Waals surface area contributed by atoms with Crippen molar-refractivity contribution in [1.29, 1.82) is 0 Å². The molecule has 1 aromatic rings. The van der Waals surface area contributed by atoms with E-state index in [1.54, 1.807) is 18.0 Å². The first-order valence-corrected chi connectivity index (χ1v) is 7.25. The van der Waals surface area contributed by atoms with Crippen LogP contribution in [0.2, 0.25) is 0 Å². The third kappa shape index (κ3) is 4.60. The molecule has 0 heterocycles. The Morgan fingerprint density at radius 2 is 2.10 bits per heavy atom. The molecule has 1 fully saturated rings. The summed E-state index contributed by atoms with van der Waals surface area (Å²) in [4.78, 5) is 13.6. The van der Waals surface area contributed by atoms with Crippen molar-refractivity contribution in [3.8, 4) is 0 Å². The van der Waals surface area contributed by atoms with Gasteiger partial charge >= 0.3 is 0 Å². The first kappa shape index (κ1) is 15.0. The Hall–Kier alpha value is -1.42. The summed E-state index contributed by atoms with van der Waals surface area (Å²) in [6.45, 7) is 0.529. The largest absolute Gasteiger partial charge is 0.368 e. The molecule has 0 radical (unpaired) electrons. The van der Waals surface area contributed by atoms with Crippen LogP contribution < -0.4 is 0 Å². The highest BCUT2D eigenvalue weighted by molar-refractivity contribution is 5.77. The zero-order valence-electron chi connectivity index (χ0n) is 12.0. The second-order valence-corrected chi connectivity index (χ2v) is 5.45. The van der Waals surface area contributed by atoms with E-state index in [-0.39, 0.29) is 24.4 Å². The Morgan fingerprint density at radius 3 is 2.80 bits per heavy atom. The topological polar surface area (TPSA) is 29.5 Å². The highest BCUT2D eigenvalue weighted by Crippen LogP contribution is 2.20. The highest BCUT2D eigenvalue weighted by atomic mass is 19.1. The molecule has 1 saturated carbocycles. The molecule has 0 spiro atoms. The molecule has 0 aromatic heterocycles. The van der Waals surface area contributed by atoms with E-state index < -0.39 is 0 Å². The number of benzene rings is 1. The fraction of sp³-hybridized carbons (Fsp3) is 0.562. The second-order valence-electron chi connectivity index (χ2n) is 5.45. The van der Waals surface area contributed by atoms with Crippen LogP contribution in [0.3, 0.4) is 0 Å². The second kappa shape index (κ2) is 7.39. The van der Waals surface area contributed by atoms with Crippen molar-refractivity contribution in [1.82, 2.24) is 4.90 Å². The molecule has 20 heavy (non-hydrogen) atoms. The van der Waals surface area contributed by atoms with Gasteiger partial charge in [-0.1, -0.05) is 31.4 Å². The first-order valence-electron chi connectivity index (χ1n) is 7.25. The van der Waals surface area contributed by atoms with E-state index in [2.05, 4.69) is 0 Å². The highest BCUT2D eigenvalue weighted by Gasteiger charge is 2.17. The van der Waals surface area contributed by atoms with Crippen molar-refractivity contribution in [2.45, 2.75) is 44.8 Å². The molecule has 0 N–H and O–H groups in total. The number of hydrogen-bond donors (Lipinski definition) is 0. The SMILES string of the molecule is CN(Cc1cccc(F)c1)C(=O)COC1CCCCC1. The van der Waals surface area contributed by atoms with E-state index in [4.69, 9.17) is 4.74 Å². The normalized spacial score (nSPS) is 16.1. The third-order valence-corrected chi connectivity index (χ3v) is 3.73. The number of amides is 1. The number of rotatable bonds is 5. The molecule has 4 heteroatoms. The van der Waals surface area contributed by atoms with Crippen LogP contribution in [0.4, 0.5) is 4.39 Å². The molecule has 0 saturated heterocycles. The molecule has 0 bridgehead atoms. The smallest absolute Gasteiger partial charge is 0.248 e. The maximum atomic E-state index is 13.1. The number of hydrogen-bond acceptors (Lipinski definition) is 2. The molecule has 3 nitrogen and oxygen atoms in total. The van der Waals surface area contributed by atoms with E-state index in [1.165, 1.54) is 31.4 Å². The molecular formula is C16H22FNO2. The molecule has 0 unspecified atom stereocenters. The Labute approximate surface area is 119 Å². The molecule has 110 valence electrons. The van der Waals surface area contributed by atoms with Gasteiger partial charge in [0.05, 0.1) is 6.10 Å². The lowest BCUT2D eigenvalue weighted by atomic mass is 9.98. The molecule has 1 aliphatic rings. The summed E-state index contributed by atoms with van der Waals surface area (Å²) in [5, 5.41) is 0. The third-order valence-electron chi connectivity index (χ3n) is 3.73. The van der Waals surface area contributed by atoms with Gasteiger partial charge in [-0.15, -0.1) is 0 Å². The zero-order valence-corrected chi connectivity index (χ0v) is 12.0. The molecule has 1 aliphatic carbocycles. The maximum Gasteiger partial charge on any atom is 0.248 e. The van der Waals surface area contributed by atoms with Crippen LogP contribution >= 0.6 is 0 Å². The van der Waals surface area contributed by atoms with E-state index in [0.717, 1.165) is 18.4 Å². The number of ether oxygens (including phenoxy) is 1. The number of likely N-dealkylation sites (N-methyl/N-ethyl adjacent to an activating group) is 1.